The molecule has 0 amide bonds. The van der Waals surface area contributed by atoms with Crippen LogP contribution in [0.4, 0.5) is 0 Å². The van der Waals surface area contributed by atoms with Crippen LogP contribution in [0.2, 0.25) is 0 Å². The van der Waals surface area contributed by atoms with Crippen LogP contribution in [0, 0.1) is 5.92 Å². The van der Waals surface area contributed by atoms with E-state index < -0.39 is 18.7 Å². The topological polar surface area (TPSA) is 57.2 Å². The molecule has 0 aromatic heterocycles. The summed E-state index contributed by atoms with van der Waals surface area (Å²) in [6, 6.07) is 9.82. The lowest BCUT2D eigenvalue weighted by Gasteiger charge is -2.47. The van der Waals surface area contributed by atoms with Gasteiger partial charge in [0.2, 0.25) is 0 Å². The number of hydrogen-bond acceptors (Lipinski definition) is 5. The number of unbranched alkanes of at least 4 members (excludes halogenated alkanes) is 1. The monoisotopic (exact) mass is 334 g/mol. The molecular formula is C19H26O5. The van der Waals surface area contributed by atoms with Crippen LogP contribution in [0.1, 0.15) is 31.6 Å². The van der Waals surface area contributed by atoms with Gasteiger partial charge in [-0.1, -0.05) is 43.3 Å². The molecule has 5 heteroatoms. The fraction of sp³-hybridized carbons (Fsp3) is 0.579. The highest BCUT2D eigenvalue weighted by molar-refractivity contribution is 5.16. The highest BCUT2D eigenvalue weighted by Crippen LogP contribution is 2.36. The first-order valence-corrected chi connectivity index (χ1v) is 8.58. The molecule has 0 spiro atoms. The Hall–Kier alpha value is -1.24. The summed E-state index contributed by atoms with van der Waals surface area (Å²) in [5.74, 6) is -0.0942. The highest BCUT2D eigenvalue weighted by Gasteiger charge is 2.47. The van der Waals surface area contributed by atoms with Crippen LogP contribution in [0.3, 0.4) is 0 Å². The number of aliphatic hydroxyl groups excluding tert-OH is 1. The molecule has 1 N–H and O–H groups in total. The Morgan fingerprint density at radius 3 is 2.83 bits per heavy atom. The molecule has 2 heterocycles. The third-order valence-electron chi connectivity index (χ3n) is 4.61. The van der Waals surface area contributed by atoms with E-state index in [1.54, 1.807) is 0 Å². The molecule has 24 heavy (non-hydrogen) atoms. The summed E-state index contributed by atoms with van der Waals surface area (Å²) in [6.45, 7) is 6.62. The summed E-state index contributed by atoms with van der Waals surface area (Å²) >= 11 is 0. The van der Waals surface area contributed by atoms with Crippen LogP contribution in [-0.4, -0.2) is 42.9 Å². The van der Waals surface area contributed by atoms with E-state index in [-0.39, 0.29) is 18.1 Å². The zero-order valence-corrected chi connectivity index (χ0v) is 14.0. The summed E-state index contributed by atoms with van der Waals surface area (Å²) in [7, 11) is 0. The van der Waals surface area contributed by atoms with Crippen molar-refractivity contribution in [3.63, 3.8) is 0 Å². The third kappa shape index (κ3) is 3.87. The van der Waals surface area contributed by atoms with Gasteiger partial charge in [0.25, 0.3) is 0 Å². The van der Waals surface area contributed by atoms with Crippen LogP contribution in [0.5, 0.6) is 0 Å². The van der Waals surface area contributed by atoms with E-state index in [1.807, 2.05) is 43.3 Å². The second-order valence-corrected chi connectivity index (χ2v) is 6.37. The number of benzene rings is 1. The lowest BCUT2D eigenvalue weighted by atomic mass is 9.90. The van der Waals surface area contributed by atoms with Gasteiger partial charge in [0, 0.05) is 11.5 Å². The molecule has 2 fully saturated rings. The second kappa shape index (κ2) is 8.23. The number of ether oxygens (including phenoxy) is 4. The van der Waals surface area contributed by atoms with Crippen LogP contribution in [0.15, 0.2) is 43.0 Å². The summed E-state index contributed by atoms with van der Waals surface area (Å²) in [5, 5.41) is 10.5. The van der Waals surface area contributed by atoms with E-state index >= 15 is 0 Å². The third-order valence-corrected chi connectivity index (χ3v) is 4.61. The molecule has 1 aromatic rings. The van der Waals surface area contributed by atoms with Crippen LogP contribution in [0.25, 0.3) is 0 Å². The van der Waals surface area contributed by atoms with Crippen molar-refractivity contribution in [3.8, 4) is 0 Å². The summed E-state index contributed by atoms with van der Waals surface area (Å²) in [6.07, 6.45) is 1.38. The predicted molar refractivity (Wildman–Crippen MR) is 89.2 cm³/mol. The van der Waals surface area contributed by atoms with E-state index in [2.05, 4.69) is 6.58 Å². The van der Waals surface area contributed by atoms with E-state index in [0.717, 1.165) is 18.4 Å². The van der Waals surface area contributed by atoms with Crippen molar-refractivity contribution in [2.75, 3.05) is 13.2 Å². The quantitative estimate of drug-likeness (QED) is 0.640. The SMILES string of the molecule is C=CCCCO[C@@H]1OC2COC(c3ccccc3)O[C@H]2[C@H](C)C1O. The Morgan fingerprint density at radius 1 is 1.29 bits per heavy atom. The molecule has 132 valence electrons. The number of allylic oxidation sites excluding steroid dienone is 1. The van der Waals surface area contributed by atoms with Crippen molar-refractivity contribution >= 4 is 0 Å². The van der Waals surface area contributed by atoms with Crippen molar-refractivity contribution in [3.05, 3.63) is 48.6 Å². The van der Waals surface area contributed by atoms with E-state index in [1.165, 1.54) is 0 Å². The smallest absolute Gasteiger partial charge is 0.184 e. The first-order chi connectivity index (χ1) is 11.7. The van der Waals surface area contributed by atoms with Crippen LogP contribution in [-0.2, 0) is 18.9 Å². The molecule has 0 aliphatic carbocycles. The van der Waals surface area contributed by atoms with Crippen molar-refractivity contribution in [1.82, 2.24) is 0 Å². The highest BCUT2D eigenvalue weighted by atomic mass is 16.7. The molecule has 3 rings (SSSR count). The average molecular weight is 334 g/mol. The minimum atomic E-state index is -0.718. The van der Waals surface area contributed by atoms with Crippen LogP contribution < -0.4 is 0 Å². The summed E-state index contributed by atoms with van der Waals surface area (Å²) in [4.78, 5) is 0. The first kappa shape index (κ1) is 17.6. The second-order valence-electron chi connectivity index (χ2n) is 6.37. The minimum absolute atomic E-state index is 0.0942. The van der Waals surface area contributed by atoms with E-state index in [4.69, 9.17) is 18.9 Å². The van der Waals surface area contributed by atoms with Crippen molar-refractivity contribution < 1.29 is 24.1 Å². The van der Waals surface area contributed by atoms with Gasteiger partial charge in [-0.15, -0.1) is 6.58 Å². The maximum absolute atomic E-state index is 10.5. The van der Waals surface area contributed by atoms with Gasteiger partial charge >= 0.3 is 0 Å². The fourth-order valence-electron chi connectivity index (χ4n) is 3.17. The van der Waals surface area contributed by atoms with Gasteiger partial charge in [-0.2, -0.15) is 0 Å². The Labute approximate surface area is 143 Å². The maximum atomic E-state index is 10.5. The number of fused-ring (bicyclic) bond motifs is 1. The Morgan fingerprint density at radius 2 is 2.08 bits per heavy atom. The molecule has 2 aliphatic rings. The lowest BCUT2D eigenvalue weighted by Crippen LogP contribution is -2.58. The van der Waals surface area contributed by atoms with Gasteiger partial charge in [0.05, 0.1) is 19.3 Å². The van der Waals surface area contributed by atoms with Crippen molar-refractivity contribution in [2.45, 2.75) is 50.7 Å². The Kier molecular flexibility index (Phi) is 6.03. The van der Waals surface area contributed by atoms with E-state index in [9.17, 15) is 5.11 Å². The zero-order chi connectivity index (χ0) is 16.9. The van der Waals surface area contributed by atoms with Crippen LogP contribution >= 0.6 is 0 Å². The average Bonchev–Trinajstić information content (AvgIpc) is 2.63. The van der Waals surface area contributed by atoms with Crippen molar-refractivity contribution in [2.24, 2.45) is 5.92 Å². The Balaban J connectivity index is 1.60. The van der Waals surface area contributed by atoms with Gasteiger partial charge in [-0.05, 0) is 12.8 Å². The van der Waals surface area contributed by atoms with Gasteiger partial charge in [0.15, 0.2) is 12.6 Å². The van der Waals surface area contributed by atoms with Gasteiger partial charge < -0.3 is 24.1 Å². The molecule has 3 unspecified atom stereocenters. The molecule has 2 aliphatic heterocycles. The molecule has 5 nitrogen and oxygen atoms in total. The normalized spacial score (nSPS) is 36.1. The molecule has 0 saturated carbocycles. The van der Waals surface area contributed by atoms with E-state index in [0.29, 0.717) is 13.2 Å². The number of hydrogen-bond donors (Lipinski definition) is 1. The molecule has 0 bridgehead atoms. The molecule has 6 atom stereocenters. The van der Waals surface area contributed by atoms with Gasteiger partial charge in [0.1, 0.15) is 12.2 Å². The first-order valence-electron chi connectivity index (χ1n) is 8.58. The lowest BCUT2D eigenvalue weighted by molar-refractivity contribution is -0.351. The molecule has 1 aromatic carbocycles. The zero-order valence-electron chi connectivity index (χ0n) is 14.0. The van der Waals surface area contributed by atoms with Gasteiger partial charge in [-0.3, -0.25) is 0 Å². The fourth-order valence-corrected chi connectivity index (χ4v) is 3.17. The Bertz CT molecular complexity index is 518. The molecular weight excluding hydrogens is 308 g/mol. The summed E-state index contributed by atoms with van der Waals surface area (Å²) < 4.78 is 23.5. The number of rotatable bonds is 6. The summed E-state index contributed by atoms with van der Waals surface area (Å²) in [5.41, 5.74) is 0.973. The molecule has 2 saturated heterocycles. The maximum Gasteiger partial charge on any atom is 0.184 e. The van der Waals surface area contributed by atoms with Crippen molar-refractivity contribution in [1.29, 1.82) is 0 Å². The van der Waals surface area contributed by atoms with Gasteiger partial charge in [-0.25, -0.2) is 0 Å². The molecule has 0 radical (unpaired) electrons. The minimum Gasteiger partial charge on any atom is -0.387 e. The largest absolute Gasteiger partial charge is 0.387 e. The standard InChI is InChI=1S/C19H26O5/c1-3-4-8-11-21-19-16(20)13(2)17-15(23-19)12-22-18(24-17)14-9-6-5-7-10-14/h3,5-7,9-10,13,15-20H,1,4,8,11-12H2,2H3/t13-,15?,16?,17+,18?,19-/m1/s1. The predicted octanol–water partition coefficient (Wildman–Crippen LogP) is 2.81. The number of aliphatic hydroxyl groups is 1.